The zero-order valence-electron chi connectivity index (χ0n) is 13.8. The normalized spacial score (nSPS) is 12.5. The molecule has 0 saturated carbocycles. The molecule has 0 aliphatic rings. The zero-order valence-corrected chi connectivity index (χ0v) is 16.2. The second kappa shape index (κ2) is 8.96. The van der Waals surface area contributed by atoms with Crippen LogP contribution in [0.3, 0.4) is 0 Å². The SMILES string of the molecule is OP(O)C(NC(c1ccccc1)c1ccccc1)c1ccc(Cl)cc1Cl. The average molecular weight is 406 g/mol. The van der Waals surface area contributed by atoms with Gasteiger partial charge in [-0.15, -0.1) is 0 Å². The Bertz CT molecular complexity index is 807. The highest BCUT2D eigenvalue weighted by Gasteiger charge is 2.27. The Morgan fingerprint density at radius 1 is 0.769 bits per heavy atom. The quantitative estimate of drug-likeness (QED) is 0.463. The largest absolute Gasteiger partial charge is 0.349 e. The Kier molecular flexibility index (Phi) is 6.66. The Hall–Kier alpha value is -1.45. The fourth-order valence-corrected chi connectivity index (χ4v) is 4.19. The van der Waals surface area contributed by atoms with Crippen LogP contribution in [0, 0.1) is 0 Å². The molecule has 0 bridgehead atoms. The van der Waals surface area contributed by atoms with Crippen LogP contribution in [0.2, 0.25) is 10.0 Å². The molecule has 3 nitrogen and oxygen atoms in total. The Morgan fingerprint density at radius 3 is 1.77 bits per heavy atom. The van der Waals surface area contributed by atoms with E-state index in [4.69, 9.17) is 23.2 Å². The molecule has 3 N–H and O–H groups in total. The molecule has 1 atom stereocenters. The highest BCUT2D eigenvalue weighted by atomic mass is 35.5. The minimum Gasteiger partial charge on any atom is -0.349 e. The topological polar surface area (TPSA) is 52.5 Å². The number of hydrogen-bond donors (Lipinski definition) is 3. The van der Waals surface area contributed by atoms with Crippen molar-refractivity contribution in [1.29, 1.82) is 0 Å². The molecule has 0 aromatic heterocycles. The van der Waals surface area contributed by atoms with Crippen molar-refractivity contribution in [3.63, 3.8) is 0 Å². The van der Waals surface area contributed by atoms with E-state index in [1.165, 1.54) is 0 Å². The van der Waals surface area contributed by atoms with Gasteiger partial charge in [0.25, 0.3) is 0 Å². The van der Waals surface area contributed by atoms with Crippen molar-refractivity contribution < 1.29 is 9.79 Å². The molecule has 0 radical (unpaired) electrons. The lowest BCUT2D eigenvalue weighted by atomic mass is 9.98. The van der Waals surface area contributed by atoms with Crippen molar-refractivity contribution in [3.05, 3.63) is 106 Å². The van der Waals surface area contributed by atoms with E-state index in [1.54, 1.807) is 18.2 Å². The van der Waals surface area contributed by atoms with Crippen molar-refractivity contribution in [3.8, 4) is 0 Å². The van der Waals surface area contributed by atoms with E-state index in [0.717, 1.165) is 11.1 Å². The van der Waals surface area contributed by atoms with Crippen LogP contribution in [0.1, 0.15) is 28.5 Å². The first kappa shape index (κ1) is 19.3. The molecule has 0 aliphatic heterocycles. The molecule has 0 spiro atoms. The Labute approximate surface area is 164 Å². The summed E-state index contributed by atoms with van der Waals surface area (Å²) in [6.45, 7) is 0. The molecule has 0 aliphatic carbocycles. The van der Waals surface area contributed by atoms with Crippen molar-refractivity contribution in [2.24, 2.45) is 0 Å². The van der Waals surface area contributed by atoms with Gasteiger partial charge in [0.2, 0.25) is 0 Å². The van der Waals surface area contributed by atoms with Crippen molar-refractivity contribution in [1.82, 2.24) is 5.32 Å². The van der Waals surface area contributed by atoms with Crippen molar-refractivity contribution in [2.45, 2.75) is 11.8 Å². The molecule has 134 valence electrons. The molecular formula is C20H18Cl2NO2P. The molecule has 0 amide bonds. The molecule has 1 unspecified atom stereocenters. The first-order chi connectivity index (χ1) is 12.6. The van der Waals surface area contributed by atoms with Gasteiger partial charge in [0.05, 0.1) is 6.04 Å². The number of nitrogens with one attached hydrogen (secondary N) is 1. The van der Waals surface area contributed by atoms with Crippen LogP contribution in [0.15, 0.2) is 78.9 Å². The first-order valence-electron chi connectivity index (χ1n) is 8.04. The molecular weight excluding hydrogens is 388 g/mol. The van der Waals surface area contributed by atoms with E-state index in [1.807, 2.05) is 60.7 Å². The molecule has 0 fully saturated rings. The minimum atomic E-state index is -2.32. The van der Waals surface area contributed by atoms with Crippen LogP contribution in [0.25, 0.3) is 0 Å². The van der Waals surface area contributed by atoms with Gasteiger partial charge in [-0.1, -0.05) is 89.9 Å². The average Bonchev–Trinajstić information content (AvgIpc) is 2.65. The number of hydrogen-bond acceptors (Lipinski definition) is 3. The molecule has 0 heterocycles. The summed E-state index contributed by atoms with van der Waals surface area (Å²) in [7, 11) is -2.32. The van der Waals surface area contributed by atoms with Crippen LogP contribution in [-0.4, -0.2) is 9.79 Å². The van der Waals surface area contributed by atoms with Crippen LogP contribution in [-0.2, 0) is 0 Å². The highest BCUT2D eigenvalue weighted by molar-refractivity contribution is 7.45. The van der Waals surface area contributed by atoms with E-state index < -0.39 is 14.2 Å². The van der Waals surface area contributed by atoms with Crippen molar-refractivity contribution in [2.75, 3.05) is 0 Å². The van der Waals surface area contributed by atoms with E-state index in [-0.39, 0.29) is 6.04 Å². The predicted molar refractivity (Wildman–Crippen MR) is 108 cm³/mol. The van der Waals surface area contributed by atoms with Gasteiger partial charge in [0.15, 0.2) is 8.38 Å². The maximum absolute atomic E-state index is 10.1. The Balaban J connectivity index is 2.00. The summed E-state index contributed by atoms with van der Waals surface area (Å²) in [4.78, 5) is 20.1. The summed E-state index contributed by atoms with van der Waals surface area (Å²) >= 11 is 12.3. The summed E-state index contributed by atoms with van der Waals surface area (Å²) in [5.41, 5.74) is 2.64. The van der Waals surface area contributed by atoms with Crippen LogP contribution >= 0.6 is 31.6 Å². The van der Waals surface area contributed by atoms with Gasteiger partial charge in [-0.3, -0.25) is 5.32 Å². The number of benzene rings is 3. The van der Waals surface area contributed by atoms with E-state index in [9.17, 15) is 9.79 Å². The fourth-order valence-electron chi connectivity index (χ4n) is 2.84. The number of halogens is 2. The maximum Gasteiger partial charge on any atom is 0.188 e. The lowest BCUT2D eigenvalue weighted by molar-refractivity contribution is 0.438. The highest BCUT2D eigenvalue weighted by Crippen LogP contribution is 2.46. The zero-order chi connectivity index (χ0) is 18.5. The van der Waals surface area contributed by atoms with Crippen molar-refractivity contribution >= 4 is 31.6 Å². The van der Waals surface area contributed by atoms with Gasteiger partial charge in [0, 0.05) is 10.0 Å². The second-order valence-electron chi connectivity index (χ2n) is 5.81. The summed E-state index contributed by atoms with van der Waals surface area (Å²) < 4.78 is 0. The lowest BCUT2D eigenvalue weighted by Gasteiger charge is -2.28. The van der Waals surface area contributed by atoms with Gasteiger partial charge in [-0.05, 0) is 28.8 Å². The fraction of sp³-hybridized carbons (Fsp3) is 0.100. The van der Waals surface area contributed by atoms with E-state index >= 15 is 0 Å². The molecule has 3 aromatic rings. The first-order valence-corrected chi connectivity index (χ1v) is 10.1. The van der Waals surface area contributed by atoms with Crippen LogP contribution < -0.4 is 5.32 Å². The number of rotatable bonds is 6. The lowest BCUT2D eigenvalue weighted by Crippen LogP contribution is -2.26. The van der Waals surface area contributed by atoms with Gasteiger partial charge >= 0.3 is 0 Å². The van der Waals surface area contributed by atoms with Crippen LogP contribution in [0.5, 0.6) is 0 Å². The minimum absolute atomic E-state index is 0.224. The predicted octanol–water partition coefficient (Wildman–Crippen LogP) is 5.67. The summed E-state index contributed by atoms with van der Waals surface area (Å²) in [5, 5.41) is 4.26. The van der Waals surface area contributed by atoms with E-state index in [0.29, 0.717) is 15.6 Å². The summed E-state index contributed by atoms with van der Waals surface area (Å²) in [6, 6.07) is 24.5. The smallest absolute Gasteiger partial charge is 0.188 e. The standard InChI is InChI=1S/C20H18Cl2NO2P/c21-16-11-12-17(18(22)13-16)20(26(24)25)23-19(14-7-3-1-4-8-14)15-9-5-2-6-10-15/h1-13,19-20,23-25H. The molecule has 3 rings (SSSR count). The molecule has 3 aromatic carbocycles. The Morgan fingerprint density at radius 2 is 1.31 bits per heavy atom. The summed E-state index contributed by atoms with van der Waals surface area (Å²) in [5.74, 6) is -0.722. The third-order valence-corrected chi connectivity index (χ3v) is 5.53. The molecule has 6 heteroatoms. The second-order valence-corrected chi connectivity index (χ2v) is 7.81. The van der Waals surface area contributed by atoms with Gasteiger partial charge in [-0.25, -0.2) is 0 Å². The third-order valence-electron chi connectivity index (χ3n) is 4.08. The molecule has 26 heavy (non-hydrogen) atoms. The van der Waals surface area contributed by atoms with Crippen LogP contribution in [0.4, 0.5) is 0 Å². The monoisotopic (exact) mass is 405 g/mol. The molecule has 0 saturated heterocycles. The van der Waals surface area contributed by atoms with Gasteiger partial charge in [0.1, 0.15) is 5.78 Å². The summed E-state index contributed by atoms with van der Waals surface area (Å²) in [6.07, 6.45) is 0. The van der Waals surface area contributed by atoms with Gasteiger partial charge < -0.3 is 9.79 Å². The maximum atomic E-state index is 10.1. The van der Waals surface area contributed by atoms with E-state index in [2.05, 4.69) is 5.32 Å². The van der Waals surface area contributed by atoms with Gasteiger partial charge in [-0.2, -0.15) is 0 Å². The third kappa shape index (κ3) is 4.63.